The van der Waals surface area contributed by atoms with E-state index in [9.17, 15) is 9.59 Å². The minimum atomic E-state index is -0.481. The van der Waals surface area contributed by atoms with Crippen LogP contribution in [-0.2, 0) is 16.6 Å². The molecule has 0 unspecified atom stereocenters. The number of anilines is 2. The predicted octanol–water partition coefficient (Wildman–Crippen LogP) is 5.05. The Hall–Kier alpha value is -5.31. The number of carbonyl (C=O) groups excluding carboxylic acids is 2. The summed E-state index contributed by atoms with van der Waals surface area (Å²) in [4.78, 5) is 29.8. The van der Waals surface area contributed by atoms with Crippen LogP contribution in [0.3, 0.4) is 0 Å². The molecular formula is C29H22N4O5. The third-order valence-corrected chi connectivity index (χ3v) is 6.35. The molecule has 2 N–H and O–H groups in total. The van der Waals surface area contributed by atoms with Crippen molar-refractivity contribution in [2.24, 2.45) is 7.05 Å². The van der Waals surface area contributed by atoms with Crippen LogP contribution >= 0.6 is 0 Å². The second-order valence-corrected chi connectivity index (χ2v) is 8.69. The predicted molar refractivity (Wildman–Crippen MR) is 142 cm³/mol. The van der Waals surface area contributed by atoms with Gasteiger partial charge in [-0.1, -0.05) is 6.07 Å². The van der Waals surface area contributed by atoms with Crippen LogP contribution in [0.15, 0.2) is 85.6 Å². The van der Waals surface area contributed by atoms with Gasteiger partial charge in [0.1, 0.15) is 18.3 Å². The maximum absolute atomic E-state index is 13.3. The number of ether oxygens (including phenoxy) is 3. The molecule has 2 aliphatic heterocycles. The topological polar surface area (TPSA) is 104 Å². The lowest BCUT2D eigenvalue weighted by molar-refractivity contribution is -0.110. The summed E-state index contributed by atoms with van der Waals surface area (Å²) in [7, 11) is 3.26. The van der Waals surface area contributed by atoms with Crippen LogP contribution in [0.4, 0.5) is 11.4 Å². The molecule has 0 radical (unpaired) electrons. The number of rotatable bonds is 5. The molecule has 38 heavy (non-hydrogen) atoms. The van der Waals surface area contributed by atoms with Crippen LogP contribution in [0.25, 0.3) is 22.7 Å². The third-order valence-electron chi connectivity index (χ3n) is 6.35. The average molecular weight is 507 g/mol. The number of benzene rings is 3. The molecule has 2 aliphatic rings. The summed E-state index contributed by atoms with van der Waals surface area (Å²) >= 11 is 0. The Morgan fingerprint density at radius 3 is 2.47 bits per heavy atom. The zero-order valence-corrected chi connectivity index (χ0v) is 20.5. The van der Waals surface area contributed by atoms with Crippen molar-refractivity contribution in [2.45, 2.75) is 0 Å². The van der Waals surface area contributed by atoms with E-state index in [1.54, 1.807) is 30.5 Å². The van der Waals surface area contributed by atoms with Gasteiger partial charge in [0.15, 0.2) is 11.5 Å². The molecule has 0 atom stereocenters. The monoisotopic (exact) mass is 506 g/mol. The fraction of sp³-hybridized carbons (Fsp3) is 0.0690. The van der Waals surface area contributed by atoms with Crippen molar-refractivity contribution in [3.63, 3.8) is 0 Å². The van der Waals surface area contributed by atoms with E-state index in [4.69, 9.17) is 14.2 Å². The van der Waals surface area contributed by atoms with Crippen molar-refractivity contribution >= 4 is 34.5 Å². The van der Waals surface area contributed by atoms with Crippen LogP contribution in [-0.4, -0.2) is 28.5 Å². The molecule has 9 nitrogen and oxygen atoms in total. The molecule has 0 fully saturated rings. The summed E-state index contributed by atoms with van der Waals surface area (Å²) in [6, 6.07) is 18.2. The summed E-state index contributed by atoms with van der Waals surface area (Å²) in [5, 5.41) is 6.31. The van der Waals surface area contributed by atoms with Gasteiger partial charge in [-0.05, 0) is 54.6 Å². The Bertz CT molecular complexity index is 1650. The van der Waals surface area contributed by atoms with E-state index in [0.717, 1.165) is 17.1 Å². The number of imidazole rings is 1. The van der Waals surface area contributed by atoms with Crippen LogP contribution in [0.5, 0.6) is 11.5 Å². The summed E-state index contributed by atoms with van der Waals surface area (Å²) in [6.45, 7) is 0. The third kappa shape index (κ3) is 4.05. The Balaban J connectivity index is 1.45. The van der Waals surface area contributed by atoms with E-state index in [1.165, 1.54) is 19.6 Å². The van der Waals surface area contributed by atoms with Gasteiger partial charge in [0.2, 0.25) is 0 Å². The van der Waals surface area contributed by atoms with Gasteiger partial charge in [-0.2, -0.15) is 0 Å². The molecule has 0 saturated heterocycles. The molecule has 3 aromatic carbocycles. The number of aryl methyl sites for hydroxylation is 1. The first kappa shape index (κ1) is 23.1. The quantitative estimate of drug-likeness (QED) is 0.288. The Morgan fingerprint density at radius 2 is 1.74 bits per heavy atom. The maximum Gasteiger partial charge on any atom is 0.337 e. The van der Waals surface area contributed by atoms with E-state index in [-0.39, 0.29) is 5.91 Å². The first-order chi connectivity index (χ1) is 18.5. The zero-order chi connectivity index (χ0) is 26.2. The number of aromatic nitrogens is 2. The van der Waals surface area contributed by atoms with Crippen molar-refractivity contribution in [1.82, 2.24) is 9.55 Å². The van der Waals surface area contributed by atoms with E-state index in [2.05, 4.69) is 15.6 Å². The van der Waals surface area contributed by atoms with Crippen LogP contribution < -0.4 is 20.1 Å². The number of esters is 1. The highest BCUT2D eigenvalue weighted by molar-refractivity contribution is 6.37. The normalized spacial score (nSPS) is 14.5. The molecule has 1 aromatic heterocycles. The summed E-state index contributed by atoms with van der Waals surface area (Å²) in [5.74, 6) is 1.16. The summed E-state index contributed by atoms with van der Waals surface area (Å²) in [6.07, 6.45) is 6.56. The fourth-order valence-electron chi connectivity index (χ4n) is 4.49. The highest BCUT2D eigenvalue weighted by Gasteiger charge is 2.30. The molecule has 3 heterocycles. The number of carbonyl (C=O) groups is 2. The van der Waals surface area contributed by atoms with Gasteiger partial charge in [0.05, 0.1) is 29.6 Å². The summed E-state index contributed by atoms with van der Waals surface area (Å²) < 4.78 is 17.9. The van der Waals surface area contributed by atoms with Crippen molar-refractivity contribution in [3.8, 4) is 22.9 Å². The minimum absolute atomic E-state index is 0.302. The van der Waals surface area contributed by atoms with Gasteiger partial charge in [0, 0.05) is 41.8 Å². The smallest absolute Gasteiger partial charge is 0.337 e. The average Bonchev–Trinajstić information content (AvgIpc) is 3.52. The van der Waals surface area contributed by atoms with Crippen molar-refractivity contribution in [1.29, 1.82) is 0 Å². The molecule has 0 spiro atoms. The van der Waals surface area contributed by atoms with Crippen LogP contribution in [0.2, 0.25) is 0 Å². The first-order valence-corrected chi connectivity index (χ1v) is 11.8. The highest BCUT2D eigenvalue weighted by atomic mass is 16.5. The first-order valence-electron chi connectivity index (χ1n) is 11.8. The lowest BCUT2D eigenvalue weighted by atomic mass is 9.98. The Kier molecular flexibility index (Phi) is 5.65. The van der Waals surface area contributed by atoms with Gasteiger partial charge in [-0.3, -0.25) is 4.79 Å². The molecule has 0 bridgehead atoms. The molecule has 4 aromatic rings. The second-order valence-electron chi connectivity index (χ2n) is 8.69. The fourth-order valence-corrected chi connectivity index (χ4v) is 4.49. The highest BCUT2D eigenvalue weighted by Crippen LogP contribution is 2.40. The molecule has 1 amide bonds. The number of methoxy groups -OCH3 is 1. The molecule has 6 rings (SSSR count). The summed E-state index contributed by atoms with van der Waals surface area (Å²) in [5.41, 5.74) is 4.97. The minimum Gasteiger partial charge on any atom is -0.465 e. The zero-order valence-electron chi connectivity index (χ0n) is 20.5. The second kappa shape index (κ2) is 9.29. The maximum atomic E-state index is 13.3. The van der Waals surface area contributed by atoms with Gasteiger partial charge in [-0.15, -0.1) is 0 Å². The van der Waals surface area contributed by atoms with Crippen LogP contribution in [0.1, 0.15) is 21.5 Å². The van der Waals surface area contributed by atoms with E-state index < -0.39 is 5.97 Å². The lowest BCUT2D eigenvalue weighted by Crippen LogP contribution is -2.10. The van der Waals surface area contributed by atoms with Crippen molar-refractivity contribution < 1.29 is 23.8 Å². The Morgan fingerprint density at radius 1 is 0.974 bits per heavy atom. The number of nitrogens with one attached hydrogen (secondary N) is 2. The SMILES string of the molecule is COC(=O)c1ccc2c(c1)NC(=O)C2=C(Nc1ccc(-c2nccn2C)cc1)c1ccc2c(c1)OC=CO2. The Labute approximate surface area is 218 Å². The number of hydrogen-bond donors (Lipinski definition) is 2. The molecule has 0 aliphatic carbocycles. The van der Waals surface area contributed by atoms with Gasteiger partial charge in [0.25, 0.3) is 5.91 Å². The lowest BCUT2D eigenvalue weighted by Gasteiger charge is -2.18. The standard InChI is InChI=1S/C29H22N4O5/c1-33-12-11-30-27(33)17-3-7-20(8-4-17)31-26(18-6-10-23-24(16-18)38-14-13-37-23)25-21-9-5-19(29(35)36-2)15-22(21)32-28(25)34/h3-16,31H,1-2H3,(H,32,34). The molecular weight excluding hydrogens is 484 g/mol. The number of hydrogen-bond acceptors (Lipinski definition) is 7. The van der Waals surface area contributed by atoms with E-state index in [1.807, 2.05) is 54.2 Å². The number of nitrogens with zero attached hydrogens (tertiary/aromatic N) is 2. The van der Waals surface area contributed by atoms with E-state index >= 15 is 0 Å². The van der Waals surface area contributed by atoms with E-state index in [0.29, 0.717) is 45.1 Å². The van der Waals surface area contributed by atoms with Crippen molar-refractivity contribution in [2.75, 3.05) is 17.7 Å². The molecule has 188 valence electrons. The van der Waals surface area contributed by atoms with Gasteiger partial charge >= 0.3 is 5.97 Å². The van der Waals surface area contributed by atoms with Crippen molar-refractivity contribution in [3.05, 3.63) is 102 Å². The molecule has 9 heteroatoms. The van der Waals surface area contributed by atoms with Gasteiger partial charge < -0.3 is 29.4 Å². The van der Waals surface area contributed by atoms with Crippen LogP contribution in [0, 0.1) is 0 Å². The molecule has 0 saturated carbocycles. The number of fused-ring (bicyclic) bond motifs is 2. The number of amides is 1. The van der Waals surface area contributed by atoms with Gasteiger partial charge in [-0.25, -0.2) is 9.78 Å². The largest absolute Gasteiger partial charge is 0.465 e.